The monoisotopic (exact) mass is 423 g/mol. The average Bonchev–Trinajstić information content (AvgIpc) is 2.72. The van der Waals surface area contributed by atoms with E-state index in [-0.39, 0.29) is 11.3 Å². The first-order valence-electron chi connectivity index (χ1n) is 8.61. The number of carbonyl (C=O) groups is 1. The van der Waals surface area contributed by atoms with E-state index in [9.17, 15) is 23.7 Å². The number of halogens is 2. The van der Waals surface area contributed by atoms with Crippen molar-refractivity contribution in [2.75, 3.05) is 27.4 Å². The van der Waals surface area contributed by atoms with Crippen LogP contribution >= 0.6 is 0 Å². The Bertz CT molecular complexity index is 914. The maximum atomic E-state index is 12.5. The summed E-state index contributed by atoms with van der Waals surface area (Å²) in [5, 5.41) is 11.3. The highest BCUT2D eigenvalue weighted by Gasteiger charge is 2.20. The fourth-order valence-electron chi connectivity index (χ4n) is 2.42. The number of allylic oxidation sites excluding steroid dienone is 1. The van der Waals surface area contributed by atoms with Gasteiger partial charge in [-0.05, 0) is 42.5 Å². The highest BCUT2D eigenvalue weighted by molar-refractivity contribution is 6.07. The summed E-state index contributed by atoms with van der Waals surface area (Å²) in [5.41, 5.74) is -0.193. The van der Waals surface area contributed by atoms with E-state index in [1.807, 2.05) is 0 Å². The van der Waals surface area contributed by atoms with Gasteiger partial charge >= 0.3 is 6.61 Å². The van der Waals surface area contributed by atoms with Crippen LogP contribution in [0.15, 0.2) is 42.5 Å². The normalized spacial score (nSPS) is 11.0. The molecular weight excluding hydrogens is 404 g/mol. The molecule has 30 heavy (non-hydrogen) atoms. The van der Waals surface area contributed by atoms with Gasteiger partial charge in [0.2, 0.25) is 0 Å². The zero-order valence-corrected chi connectivity index (χ0v) is 16.2. The number of hydrogen-bond donors (Lipinski definition) is 0. The van der Waals surface area contributed by atoms with Crippen molar-refractivity contribution in [3.63, 3.8) is 0 Å². The minimum Gasteiger partial charge on any atom is -0.493 e. The second-order valence-corrected chi connectivity index (χ2v) is 5.76. The molecule has 8 nitrogen and oxygen atoms in total. The number of carbonyl (C=O) groups excluding carboxylic acids is 1. The van der Waals surface area contributed by atoms with E-state index in [1.165, 1.54) is 13.2 Å². The third-order valence-corrected chi connectivity index (χ3v) is 3.83. The number of benzene rings is 2. The van der Waals surface area contributed by atoms with E-state index in [1.54, 1.807) is 31.4 Å². The van der Waals surface area contributed by atoms with Crippen LogP contribution in [0.3, 0.4) is 0 Å². The van der Waals surface area contributed by atoms with Crippen LogP contribution in [0.4, 0.5) is 14.5 Å². The van der Waals surface area contributed by atoms with Crippen LogP contribution < -0.4 is 14.2 Å². The molecule has 160 valence electrons. The molecule has 2 aromatic carbocycles. The van der Waals surface area contributed by atoms with E-state index in [2.05, 4.69) is 4.74 Å². The summed E-state index contributed by atoms with van der Waals surface area (Å²) in [6.07, 6.45) is 2.34. The highest BCUT2D eigenvalue weighted by atomic mass is 19.3. The molecule has 0 fully saturated rings. The van der Waals surface area contributed by atoms with Crippen LogP contribution in [0.25, 0.3) is 6.08 Å². The Labute approximate surface area is 170 Å². The third-order valence-electron chi connectivity index (χ3n) is 3.83. The number of rotatable bonds is 11. The molecule has 2 aromatic rings. The van der Waals surface area contributed by atoms with Gasteiger partial charge in [0.25, 0.3) is 5.69 Å². The van der Waals surface area contributed by atoms with Gasteiger partial charge < -0.3 is 18.9 Å². The molecule has 0 aliphatic heterocycles. The summed E-state index contributed by atoms with van der Waals surface area (Å²) >= 11 is 0. The zero-order valence-electron chi connectivity index (χ0n) is 16.2. The Morgan fingerprint density at radius 1 is 1.13 bits per heavy atom. The summed E-state index contributed by atoms with van der Waals surface area (Å²) in [6, 6.07) is 8.28. The van der Waals surface area contributed by atoms with E-state index >= 15 is 0 Å². The lowest BCUT2D eigenvalue weighted by Gasteiger charge is -2.10. The number of nitrogens with zero attached hydrogens (tertiary/aromatic N) is 1. The Balaban J connectivity index is 2.23. The molecule has 0 bridgehead atoms. The molecule has 0 amide bonds. The minimum atomic E-state index is -3.18. The van der Waals surface area contributed by atoms with Gasteiger partial charge in [-0.25, -0.2) is 0 Å². The Hall–Kier alpha value is -3.53. The molecule has 0 spiro atoms. The van der Waals surface area contributed by atoms with Crippen molar-refractivity contribution in [1.82, 2.24) is 0 Å². The molecular formula is C20H19F2NO7. The number of nitro groups is 1. The summed E-state index contributed by atoms with van der Waals surface area (Å²) in [5.74, 6) is -0.473. The first-order chi connectivity index (χ1) is 14.3. The number of ketones is 1. The van der Waals surface area contributed by atoms with E-state index in [0.29, 0.717) is 24.5 Å². The lowest BCUT2D eigenvalue weighted by atomic mass is 10.1. The molecule has 0 unspecified atom stereocenters. The molecule has 0 saturated carbocycles. The van der Waals surface area contributed by atoms with Crippen molar-refractivity contribution in [3.05, 3.63) is 63.7 Å². The van der Waals surface area contributed by atoms with Crippen molar-refractivity contribution in [2.45, 2.75) is 6.61 Å². The molecule has 0 saturated heterocycles. The van der Waals surface area contributed by atoms with Crippen LogP contribution in [0.5, 0.6) is 17.2 Å². The van der Waals surface area contributed by atoms with Gasteiger partial charge in [-0.15, -0.1) is 0 Å². The van der Waals surface area contributed by atoms with Crippen LogP contribution in [-0.2, 0) is 4.74 Å². The first kappa shape index (κ1) is 22.8. The smallest absolute Gasteiger partial charge is 0.387 e. The fourth-order valence-corrected chi connectivity index (χ4v) is 2.42. The maximum Gasteiger partial charge on any atom is 0.387 e. The lowest BCUT2D eigenvalue weighted by molar-refractivity contribution is -0.385. The third kappa shape index (κ3) is 6.24. The molecule has 0 radical (unpaired) electrons. The molecule has 0 aromatic heterocycles. The van der Waals surface area contributed by atoms with Gasteiger partial charge in [0.05, 0.1) is 30.3 Å². The zero-order chi connectivity index (χ0) is 22.1. The predicted octanol–water partition coefficient (Wildman–Crippen LogP) is 4.13. The Morgan fingerprint density at radius 3 is 2.40 bits per heavy atom. The second kappa shape index (κ2) is 10.9. The molecule has 10 heteroatoms. The van der Waals surface area contributed by atoms with Crippen molar-refractivity contribution in [2.24, 2.45) is 0 Å². The van der Waals surface area contributed by atoms with Gasteiger partial charge in [-0.1, -0.05) is 0 Å². The highest BCUT2D eigenvalue weighted by Crippen LogP contribution is 2.36. The predicted molar refractivity (Wildman–Crippen MR) is 103 cm³/mol. The largest absolute Gasteiger partial charge is 0.493 e. The number of alkyl halides is 2. The average molecular weight is 423 g/mol. The summed E-state index contributed by atoms with van der Waals surface area (Å²) < 4.78 is 44.5. The van der Waals surface area contributed by atoms with Gasteiger partial charge in [-0.3, -0.25) is 14.9 Å². The summed E-state index contributed by atoms with van der Waals surface area (Å²) in [4.78, 5) is 22.9. The second-order valence-electron chi connectivity index (χ2n) is 5.76. The lowest BCUT2D eigenvalue weighted by Crippen LogP contribution is -2.05. The molecule has 0 aliphatic carbocycles. The number of ether oxygens (including phenoxy) is 4. The molecule has 0 N–H and O–H groups in total. The number of hydrogen-bond acceptors (Lipinski definition) is 7. The maximum absolute atomic E-state index is 12.5. The van der Waals surface area contributed by atoms with Crippen molar-refractivity contribution < 1.29 is 37.4 Å². The summed E-state index contributed by atoms with van der Waals surface area (Å²) in [7, 11) is 2.76. The molecule has 0 aliphatic rings. The Morgan fingerprint density at radius 2 is 1.83 bits per heavy atom. The fraction of sp³-hybridized carbons (Fsp3) is 0.250. The van der Waals surface area contributed by atoms with Gasteiger partial charge in [0.1, 0.15) is 12.4 Å². The quantitative estimate of drug-likeness (QED) is 0.176. The van der Waals surface area contributed by atoms with Crippen LogP contribution in [-0.4, -0.2) is 44.8 Å². The van der Waals surface area contributed by atoms with Crippen LogP contribution in [0.2, 0.25) is 0 Å². The van der Waals surface area contributed by atoms with Crippen LogP contribution in [0, 0.1) is 10.1 Å². The van der Waals surface area contributed by atoms with Crippen molar-refractivity contribution in [1.29, 1.82) is 0 Å². The minimum absolute atomic E-state index is 0.00802. The van der Waals surface area contributed by atoms with E-state index in [4.69, 9.17) is 14.2 Å². The standard InChI is InChI=1S/C20H19F2NO7/c1-27-9-10-29-15-6-3-13(4-7-15)17(24)8-5-14-11-18(28-2)19(30-20(21)22)12-16(14)23(25)26/h3-8,11-12,20H,9-10H2,1-2H3. The Kier molecular flexibility index (Phi) is 8.24. The van der Waals surface area contributed by atoms with Gasteiger partial charge in [-0.2, -0.15) is 8.78 Å². The SMILES string of the molecule is COCCOc1ccc(C(=O)C=Cc2cc(OC)c(OC(F)F)cc2[N+](=O)[O-])cc1. The van der Waals surface area contributed by atoms with E-state index in [0.717, 1.165) is 18.2 Å². The van der Waals surface area contributed by atoms with Crippen molar-refractivity contribution in [3.8, 4) is 17.2 Å². The summed E-state index contributed by atoms with van der Waals surface area (Å²) in [6.45, 7) is -2.39. The van der Waals surface area contributed by atoms with Gasteiger partial charge in [0, 0.05) is 12.7 Å². The first-order valence-corrected chi connectivity index (χ1v) is 8.61. The van der Waals surface area contributed by atoms with Gasteiger partial charge in [0.15, 0.2) is 17.3 Å². The molecule has 0 heterocycles. The molecule has 0 atom stereocenters. The number of methoxy groups -OCH3 is 2. The van der Waals surface area contributed by atoms with Crippen LogP contribution in [0.1, 0.15) is 15.9 Å². The topological polar surface area (TPSA) is 97.1 Å². The van der Waals surface area contributed by atoms with E-state index < -0.39 is 28.8 Å². The van der Waals surface area contributed by atoms with Crippen molar-refractivity contribution >= 4 is 17.5 Å². The molecule has 2 rings (SSSR count). The number of nitro benzene ring substituents is 1.